The molecule has 0 radical (unpaired) electrons. The summed E-state index contributed by atoms with van der Waals surface area (Å²) in [7, 11) is 0. The summed E-state index contributed by atoms with van der Waals surface area (Å²) >= 11 is 0. The fraction of sp³-hybridized carbons (Fsp3) is 0.750. The van der Waals surface area contributed by atoms with Crippen LogP contribution in [0.25, 0.3) is 0 Å². The number of hydrogen-bond donors (Lipinski definition) is 6. The molecular formula is C16H28N4O8. The molecule has 1 aliphatic rings. The molecule has 0 bridgehead atoms. The van der Waals surface area contributed by atoms with E-state index in [0.29, 0.717) is 10.1 Å². The summed E-state index contributed by atoms with van der Waals surface area (Å²) in [6.45, 7) is -0.638. The average molecular weight is 404 g/mol. The average Bonchev–Trinajstić information content (AvgIpc) is 2.68. The molecule has 0 aromatic rings. The predicted molar refractivity (Wildman–Crippen MR) is 92.7 cm³/mol. The fourth-order valence-corrected chi connectivity index (χ4v) is 2.34. The highest BCUT2D eigenvalue weighted by molar-refractivity contribution is 5.83. The van der Waals surface area contributed by atoms with Crippen LogP contribution in [0.4, 0.5) is 0 Å². The number of carbonyl (C=O) groups excluding carboxylic acids is 4. The third-order valence-corrected chi connectivity index (χ3v) is 4.13. The molecule has 0 unspecified atom stereocenters. The van der Waals surface area contributed by atoms with Crippen LogP contribution in [0, 0.1) is 0 Å². The van der Waals surface area contributed by atoms with E-state index in [1.807, 2.05) is 0 Å². The van der Waals surface area contributed by atoms with Crippen molar-refractivity contribution in [2.24, 2.45) is 0 Å². The Morgan fingerprint density at radius 2 is 1.04 bits per heavy atom. The zero-order valence-corrected chi connectivity index (χ0v) is 15.5. The molecule has 0 spiro atoms. The Labute approximate surface area is 162 Å². The maximum absolute atomic E-state index is 11.8. The second kappa shape index (κ2) is 12.2. The Balaban J connectivity index is 2.64. The molecule has 0 aliphatic carbocycles. The Morgan fingerprint density at radius 3 is 1.39 bits per heavy atom. The summed E-state index contributed by atoms with van der Waals surface area (Å²) in [6.07, 6.45) is -2.99. The van der Waals surface area contributed by atoms with Crippen molar-refractivity contribution in [1.82, 2.24) is 20.8 Å². The number of hydroxylamine groups is 4. The monoisotopic (exact) mass is 404 g/mol. The van der Waals surface area contributed by atoms with Crippen molar-refractivity contribution in [3.8, 4) is 0 Å². The van der Waals surface area contributed by atoms with Crippen molar-refractivity contribution in [2.45, 2.75) is 50.7 Å². The molecular weight excluding hydrogens is 376 g/mol. The van der Waals surface area contributed by atoms with E-state index < -0.39 is 35.8 Å². The van der Waals surface area contributed by atoms with Gasteiger partial charge >= 0.3 is 0 Å². The normalized spacial score (nSPS) is 25.9. The summed E-state index contributed by atoms with van der Waals surface area (Å²) in [5, 5.41) is 44.5. The molecule has 4 amide bonds. The Bertz CT molecular complexity index is 511. The maximum atomic E-state index is 11.8. The topological polar surface area (TPSA) is 180 Å². The van der Waals surface area contributed by atoms with Gasteiger partial charge in [0.15, 0.2) is 0 Å². The SMILES string of the molecule is O=C1CCC(=O)N(O)CC[C@H](O)CNC(=O)CCC(=O)N(O)CC[C@H](O)CN1. The molecule has 28 heavy (non-hydrogen) atoms. The van der Waals surface area contributed by atoms with Gasteiger partial charge in [-0.15, -0.1) is 0 Å². The van der Waals surface area contributed by atoms with Crippen molar-refractivity contribution in [1.29, 1.82) is 0 Å². The van der Waals surface area contributed by atoms with Gasteiger partial charge < -0.3 is 20.8 Å². The van der Waals surface area contributed by atoms with Crippen LogP contribution in [-0.4, -0.2) is 92.8 Å². The second-order valence-corrected chi connectivity index (χ2v) is 6.53. The standard InChI is InChI=1S/C16H28N4O8/c21-11-6-8-20(28)16(26)4-2-14(24)18-10-12(22)5-7-19(27)15(25)3-1-13(23)17-9-11/h11-12,21-22,27-28H,1-10H2,(H,17,23)(H,18,24)/t11-,12-/m0/s1. The summed E-state index contributed by atoms with van der Waals surface area (Å²) in [5.41, 5.74) is 0. The Kier molecular flexibility index (Phi) is 10.4. The van der Waals surface area contributed by atoms with E-state index in [9.17, 15) is 39.8 Å². The highest BCUT2D eigenvalue weighted by Gasteiger charge is 2.18. The number of nitrogens with one attached hydrogen (secondary N) is 2. The summed E-state index contributed by atoms with van der Waals surface area (Å²) in [5.74, 6) is -2.41. The van der Waals surface area contributed by atoms with Crippen LogP contribution in [0.3, 0.4) is 0 Å². The first-order chi connectivity index (χ1) is 13.2. The van der Waals surface area contributed by atoms with Gasteiger partial charge in [0.1, 0.15) is 0 Å². The van der Waals surface area contributed by atoms with Crippen molar-refractivity contribution in [2.75, 3.05) is 26.2 Å². The van der Waals surface area contributed by atoms with Gasteiger partial charge in [-0.25, -0.2) is 10.1 Å². The Morgan fingerprint density at radius 1 is 0.679 bits per heavy atom. The number of rotatable bonds is 0. The molecule has 1 fully saturated rings. The van der Waals surface area contributed by atoms with Crippen LogP contribution in [0.15, 0.2) is 0 Å². The van der Waals surface area contributed by atoms with Crippen molar-refractivity contribution in [3.05, 3.63) is 0 Å². The van der Waals surface area contributed by atoms with Gasteiger partial charge in [-0.3, -0.25) is 29.6 Å². The molecule has 12 heteroatoms. The molecule has 1 saturated heterocycles. The van der Waals surface area contributed by atoms with E-state index in [2.05, 4.69) is 10.6 Å². The van der Waals surface area contributed by atoms with E-state index in [0.717, 1.165) is 0 Å². The summed E-state index contributed by atoms with van der Waals surface area (Å²) < 4.78 is 0. The lowest BCUT2D eigenvalue weighted by molar-refractivity contribution is -0.167. The predicted octanol–water partition coefficient (Wildman–Crippen LogP) is -2.27. The molecule has 12 nitrogen and oxygen atoms in total. The van der Waals surface area contributed by atoms with Gasteiger partial charge in [-0.1, -0.05) is 0 Å². The molecule has 6 N–H and O–H groups in total. The molecule has 0 aromatic carbocycles. The molecule has 2 atom stereocenters. The van der Waals surface area contributed by atoms with Gasteiger partial charge in [-0.05, 0) is 12.8 Å². The lowest BCUT2D eigenvalue weighted by Gasteiger charge is -2.19. The minimum Gasteiger partial charge on any atom is -0.391 e. The highest BCUT2D eigenvalue weighted by Crippen LogP contribution is 2.02. The maximum Gasteiger partial charge on any atom is 0.246 e. The lowest BCUT2D eigenvalue weighted by Crippen LogP contribution is -2.38. The van der Waals surface area contributed by atoms with Crippen LogP contribution in [0.2, 0.25) is 0 Å². The second-order valence-electron chi connectivity index (χ2n) is 6.53. The molecule has 0 saturated carbocycles. The minimum atomic E-state index is -1.02. The van der Waals surface area contributed by atoms with E-state index >= 15 is 0 Å². The smallest absolute Gasteiger partial charge is 0.246 e. The van der Waals surface area contributed by atoms with Gasteiger partial charge in [0.05, 0.1) is 25.3 Å². The van der Waals surface area contributed by atoms with Gasteiger partial charge in [-0.2, -0.15) is 0 Å². The molecule has 1 heterocycles. The van der Waals surface area contributed by atoms with Crippen LogP contribution in [-0.2, 0) is 19.2 Å². The van der Waals surface area contributed by atoms with E-state index in [1.165, 1.54) is 0 Å². The molecule has 1 rings (SSSR count). The third-order valence-electron chi connectivity index (χ3n) is 4.13. The highest BCUT2D eigenvalue weighted by atomic mass is 16.5. The first-order valence-corrected chi connectivity index (χ1v) is 9.07. The third kappa shape index (κ3) is 9.60. The zero-order valence-electron chi connectivity index (χ0n) is 15.5. The van der Waals surface area contributed by atoms with E-state index in [-0.39, 0.29) is 64.7 Å². The quantitative estimate of drug-likeness (QED) is 0.245. The van der Waals surface area contributed by atoms with Gasteiger partial charge in [0.25, 0.3) is 0 Å². The fourth-order valence-electron chi connectivity index (χ4n) is 2.34. The number of amides is 4. The number of aliphatic hydroxyl groups excluding tert-OH is 2. The number of aliphatic hydroxyl groups is 2. The summed E-state index contributed by atoms with van der Waals surface area (Å²) in [4.78, 5) is 46.9. The van der Waals surface area contributed by atoms with E-state index in [1.54, 1.807) is 0 Å². The summed E-state index contributed by atoms with van der Waals surface area (Å²) in [6, 6.07) is 0. The van der Waals surface area contributed by atoms with Crippen LogP contribution in [0.5, 0.6) is 0 Å². The Hall–Kier alpha value is -2.28. The number of nitrogens with zero attached hydrogens (tertiary/aromatic N) is 2. The number of hydrogen-bond acceptors (Lipinski definition) is 8. The first-order valence-electron chi connectivity index (χ1n) is 9.07. The van der Waals surface area contributed by atoms with Crippen molar-refractivity contribution >= 4 is 23.6 Å². The van der Waals surface area contributed by atoms with Crippen molar-refractivity contribution < 1.29 is 39.8 Å². The lowest BCUT2D eigenvalue weighted by atomic mass is 10.2. The number of carbonyl (C=O) groups is 4. The zero-order chi connectivity index (χ0) is 21.1. The van der Waals surface area contributed by atoms with Gasteiger partial charge in [0, 0.05) is 38.8 Å². The van der Waals surface area contributed by atoms with Crippen molar-refractivity contribution in [3.63, 3.8) is 0 Å². The van der Waals surface area contributed by atoms with Crippen LogP contribution in [0.1, 0.15) is 38.5 Å². The minimum absolute atomic E-state index is 0.00967. The molecule has 1 aliphatic heterocycles. The largest absolute Gasteiger partial charge is 0.391 e. The number of β-amino-alcohol motifs (C(OH)–C–C–N with tert-alkyl or cyclic N) is 2. The van der Waals surface area contributed by atoms with E-state index in [4.69, 9.17) is 0 Å². The first kappa shape index (κ1) is 23.8. The molecule has 160 valence electrons. The van der Waals surface area contributed by atoms with Crippen LogP contribution >= 0.6 is 0 Å². The molecule has 0 aromatic heterocycles. The van der Waals surface area contributed by atoms with Crippen LogP contribution < -0.4 is 10.6 Å². The van der Waals surface area contributed by atoms with Gasteiger partial charge in [0.2, 0.25) is 23.6 Å².